The van der Waals surface area contributed by atoms with Gasteiger partial charge in [-0.2, -0.15) is 0 Å². The van der Waals surface area contributed by atoms with Gasteiger partial charge in [0.1, 0.15) is 0 Å². The fraction of sp³-hybridized carbons (Fsp3) is 1.00. The molecule has 0 aromatic carbocycles. The highest BCUT2D eigenvalue weighted by atomic mass is 35.5. The fourth-order valence-corrected chi connectivity index (χ4v) is 8.09. The van der Waals surface area contributed by atoms with Crippen molar-refractivity contribution < 1.29 is 27.8 Å². The maximum Gasteiger partial charge on any atom is 0.344 e. The predicted octanol–water partition coefficient (Wildman–Crippen LogP) is 2.05. The van der Waals surface area contributed by atoms with Gasteiger partial charge in [0.2, 0.25) is 0 Å². The third-order valence-electron chi connectivity index (χ3n) is 4.39. The van der Waals surface area contributed by atoms with Crippen molar-refractivity contribution in [2.75, 3.05) is 43.0 Å². The Labute approximate surface area is 182 Å². The molecule has 0 amide bonds. The topological polar surface area (TPSA) is 126 Å². The van der Waals surface area contributed by atoms with Crippen molar-refractivity contribution in [2.45, 2.75) is 49.9 Å². The monoisotopic (exact) mass is 499 g/mol. The summed E-state index contributed by atoms with van der Waals surface area (Å²) in [5, 5.41) is 2.58. The SMILES string of the molecule is O=P1(NCCCl)OCCC(SCCS(=O)(=O)[O-])N1CCCl.[NH3+]C1CCCCC1. The third-order valence-corrected chi connectivity index (χ3v) is 9.49. The zero-order chi connectivity index (χ0) is 21.0. The summed E-state index contributed by atoms with van der Waals surface area (Å²) in [7, 11) is -7.47. The summed E-state index contributed by atoms with van der Waals surface area (Å²) in [4.78, 5) is 0. The second-order valence-corrected chi connectivity index (χ2v) is 12.4. The molecule has 2 rings (SSSR count). The Morgan fingerprint density at radius 1 is 1.21 bits per heavy atom. The van der Waals surface area contributed by atoms with Crippen LogP contribution in [-0.4, -0.2) is 72.0 Å². The molecule has 13 heteroatoms. The number of nitrogens with zero attached hydrogens (tertiary/aromatic N) is 1. The minimum atomic E-state index is -4.25. The maximum absolute atomic E-state index is 12.8. The summed E-state index contributed by atoms with van der Waals surface area (Å²) >= 11 is 12.6. The first-order valence-electron chi connectivity index (χ1n) is 9.49. The second kappa shape index (κ2) is 14.1. The zero-order valence-electron chi connectivity index (χ0n) is 16.1. The van der Waals surface area contributed by atoms with E-state index in [1.54, 1.807) is 4.67 Å². The molecule has 0 radical (unpaired) electrons. The number of hydrogen-bond acceptors (Lipinski definition) is 6. The van der Waals surface area contributed by atoms with Gasteiger partial charge in [0.05, 0.1) is 28.1 Å². The first-order chi connectivity index (χ1) is 13.2. The van der Waals surface area contributed by atoms with Crippen LogP contribution in [0.5, 0.6) is 0 Å². The summed E-state index contributed by atoms with van der Waals surface area (Å²) in [6, 6.07) is 0.786. The van der Waals surface area contributed by atoms with Crippen molar-refractivity contribution in [1.82, 2.24) is 9.76 Å². The van der Waals surface area contributed by atoms with Crippen molar-refractivity contribution >= 4 is 52.8 Å². The zero-order valence-corrected chi connectivity index (χ0v) is 20.1. The molecule has 4 N–H and O–H groups in total. The van der Waals surface area contributed by atoms with E-state index >= 15 is 0 Å². The first kappa shape index (κ1) is 26.9. The molecule has 8 nitrogen and oxygen atoms in total. The number of hydrogen-bond donors (Lipinski definition) is 2. The summed E-state index contributed by atoms with van der Waals surface area (Å²) < 4.78 is 51.7. The molecule has 28 heavy (non-hydrogen) atoms. The van der Waals surface area contributed by atoms with E-state index < -0.39 is 23.5 Å². The molecule has 2 fully saturated rings. The number of thioether (sulfide) groups is 1. The van der Waals surface area contributed by atoms with Gasteiger partial charge in [-0.1, -0.05) is 6.42 Å². The molecule has 2 atom stereocenters. The smallest absolute Gasteiger partial charge is 0.344 e. The Kier molecular flexibility index (Phi) is 13.5. The number of quaternary nitrogens is 1. The van der Waals surface area contributed by atoms with E-state index in [9.17, 15) is 17.5 Å². The minimum Gasteiger partial charge on any atom is -0.748 e. The molecule has 0 bridgehead atoms. The Morgan fingerprint density at radius 2 is 1.89 bits per heavy atom. The summed E-state index contributed by atoms with van der Waals surface area (Å²) in [5.41, 5.74) is 4.00. The van der Waals surface area contributed by atoms with Crippen LogP contribution >= 0.6 is 42.6 Å². The van der Waals surface area contributed by atoms with Gasteiger partial charge in [-0.25, -0.2) is 18.2 Å². The normalized spacial score (nSPS) is 27.2. The van der Waals surface area contributed by atoms with E-state index in [0.29, 0.717) is 19.5 Å². The van der Waals surface area contributed by atoms with Crippen LogP contribution in [-0.2, 0) is 19.2 Å². The molecule has 0 spiro atoms. The van der Waals surface area contributed by atoms with Crippen molar-refractivity contribution in [3.05, 3.63) is 0 Å². The van der Waals surface area contributed by atoms with Crippen LogP contribution in [0.4, 0.5) is 0 Å². The highest BCUT2D eigenvalue weighted by molar-refractivity contribution is 8.00. The van der Waals surface area contributed by atoms with Crippen molar-refractivity contribution in [3.63, 3.8) is 0 Å². The molecule has 1 saturated heterocycles. The average Bonchev–Trinajstić information content (AvgIpc) is 2.63. The molecule has 168 valence electrons. The van der Waals surface area contributed by atoms with Crippen LogP contribution in [0.15, 0.2) is 0 Å². The van der Waals surface area contributed by atoms with E-state index in [2.05, 4.69) is 10.8 Å². The lowest BCUT2D eigenvalue weighted by atomic mass is 9.97. The molecule has 0 aromatic rings. The van der Waals surface area contributed by atoms with Crippen molar-refractivity contribution in [2.24, 2.45) is 0 Å². The molecule has 1 aliphatic carbocycles. The van der Waals surface area contributed by atoms with E-state index in [4.69, 9.17) is 27.7 Å². The van der Waals surface area contributed by atoms with Crippen molar-refractivity contribution in [3.8, 4) is 0 Å². The third kappa shape index (κ3) is 10.8. The molecule has 1 saturated carbocycles. The lowest BCUT2D eigenvalue weighted by Gasteiger charge is -2.40. The lowest BCUT2D eigenvalue weighted by molar-refractivity contribution is -0.425. The molecule has 2 unspecified atom stereocenters. The molecule has 0 aromatic heterocycles. The fourth-order valence-electron chi connectivity index (χ4n) is 2.99. The van der Waals surface area contributed by atoms with Gasteiger partial charge in [0.25, 0.3) is 0 Å². The Morgan fingerprint density at radius 3 is 2.39 bits per heavy atom. The Hall–Kier alpha value is 0.910. The van der Waals surface area contributed by atoms with Gasteiger partial charge < -0.3 is 14.8 Å². The average molecular weight is 500 g/mol. The van der Waals surface area contributed by atoms with Crippen LogP contribution < -0.4 is 10.8 Å². The van der Waals surface area contributed by atoms with Gasteiger partial charge in [0, 0.05) is 36.4 Å². The number of rotatable bonds is 9. The molecular formula is C15H32Cl2N3O5PS2. The van der Waals surface area contributed by atoms with E-state index in [1.807, 2.05) is 0 Å². The standard InChI is InChI=1S/C9H19Cl2N2O5PS2.C6H13N/c10-2-4-12-19(14)13(5-3-11)9(1-6-18-19)20-7-8-21(15,16)17;7-6-4-2-1-3-5-6/h9H,1-8H2,(H,12,14)(H,15,16,17);6H,1-5,7H2. The Bertz CT molecular complexity index is 582. The summed E-state index contributed by atoms with van der Waals surface area (Å²) in [6.45, 7) is 0.937. The quantitative estimate of drug-likeness (QED) is 0.280. The predicted molar refractivity (Wildman–Crippen MR) is 115 cm³/mol. The second-order valence-electron chi connectivity index (χ2n) is 6.68. The molecular weight excluding hydrogens is 468 g/mol. The van der Waals surface area contributed by atoms with Crippen LogP contribution in [0.25, 0.3) is 0 Å². The van der Waals surface area contributed by atoms with Crippen LogP contribution in [0.1, 0.15) is 38.5 Å². The number of halogens is 2. The molecule has 1 heterocycles. The van der Waals surface area contributed by atoms with Gasteiger partial charge >= 0.3 is 7.67 Å². The summed E-state index contributed by atoms with van der Waals surface area (Å²) in [5.74, 6) is 0.231. The largest absolute Gasteiger partial charge is 0.748 e. The summed E-state index contributed by atoms with van der Waals surface area (Å²) in [6.07, 6.45) is 7.63. The minimum absolute atomic E-state index is 0.144. The van der Waals surface area contributed by atoms with Crippen LogP contribution in [0.3, 0.4) is 0 Å². The number of alkyl halides is 2. The van der Waals surface area contributed by atoms with Gasteiger partial charge in [-0.05, 0) is 32.1 Å². The highest BCUT2D eigenvalue weighted by Gasteiger charge is 2.40. The maximum atomic E-state index is 12.8. The Balaban J connectivity index is 0.000000467. The van der Waals surface area contributed by atoms with Gasteiger partial charge in [-0.3, -0.25) is 4.57 Å². The van der Waals surface area contributed by atoms with Crippen molar-refractivity contribution in [1.29, 1.82) is 0 Å². The number of nitrogens with one attached hydrogen (secondary N) is 1. The van der Waals surface area contributed by atoms with Crippen LogP contribution in [0, 0.1) is 0 Å². The highest BCUT2D eigenvalue weighted by Crippen LogP contribution is 2.53. The first-order valence-corrected chi connectivity index (χ1v) is 14.8. The van der Waals surface area contributed by atoms with Gasteiger partial charge in [0.15, 0.2) is 0 Å². The van der Waals surface area contributed by atoms with E-state index in [-0.39, 0.29) is 29.5 Å². The molecule has 2 aliphatic rings. The van der Waals surface area contributed by atoms with E-state index in [1.165, 1.54) is 43.9 Å². The molecule has 1 aliphatic heterocycles. The van der Waals surface area contributed by atoms with E-state index in [0.717, 1.165) is 6.04 Å². The van der Waals surface area contributed by atoms with Gasteiger partial charge in [-0.15, -0.1) is 35.0 Å². The lowest BCUT2D eigenvalue weighted by Crippen LogP contribution is -2.61. The van der Waals surface area contributed by atoms with Crippen LogP contribution in [0.2, 0.25) is 0 Å².